The van der Waals surface area contributed by atoms with Crippen molar-refractivity contribution in [3.63, 3.8) is 0 Å². The molecule has 0 aliphatic rings. The highest BCUT2D eigenvalue weighted by molar-refractivity contribution is 7.98. The maximum atomic E-state index is 11.2. The van der Waals surface area contributed by atoms with Crippen LogP contribution in [0.4, 0.5) is 4.79 Å². The number of alkyl carbamates (subject to hydrolysis) is 1. The zero-order valence-electron chi connectivity index (χ0n) is 9.16. The van der Waals surface area contributed by atoms with E-state index in [9.17, 15) is 4.79 Å². The van der Waals surface area contributed by atoms with Crippen LogP contribution in [-0.4, -0.2) is 41.5 Å². The number of carbonyl (C=O) groups is 1. The van der Waals surface area contributed by atoms with Gasteiger partial charge < -0.3 is 15.2 Å². The number of rotatable bonds is 4. The Kier molecular flexibility index (Phi) is 5.95. The molecular formula is C9H19NO3S. The number of thioether (sulfide) groups is 1. The quantitative estimate of drug-likeness (QED) is 0.750. The number of carbonyl (C=O) groups excluding carboxylic acids is 1. The number of hydrogen-bond donors (Lipinski definition) is 2. The minimum atomic E-state index is -0.497. The minimum Gasteiger partial charge on any atom is -0.444 e. The lowest BCUT2D eigenvalue weighted by Crippen LogP contribution is -2.42. The molecule has 4 nitrogen and oxygen atoms in total. The molecule has 1 amide bonds. The second kappa shape index (κ2) is 6.14. The molecule has 1 atom stereocenters. The van der Waals surface area contributed by atoms with Crippen molar-refractivity contribution in [2.24, 2.45) is 0 Å². The molecule has 0 aromatic rings. The zero-order chi connectivity index (χ0) is 11.2. The van der Waals surface area contributed by atoms with Crippen LogP contribution in [0.15, 0.2) is 0 Å². The molecule has 5 heteroatoms. The molecule has 0 spiro atoms. The van der Waals surface area contributed by atoms with Crippen molar-refractivity contribution in [2.75, 3.05) is 18.6 Å². The van der Waals surface area contributed by atoms with Gasteiger partial charge in [0.2, 0.25) is 0 Å². The smallest absolute Gasteiger partial charge is 0.407 e. The Morgan fingerprint density at radius 3 is 2.50 bits per heavy atom. The first-order chi connectivity index (χ1) is 6.39. The van der Waals surface area contributed by atoms with Crippen LogP contribution in [0.25, 0.3) is 0 Å². The van der Waals surface area contributed by atoms with Crippen molar-refractivity contribution in [1.82, 2.24) is 5.32 Å². The molecule has 0 unspecified atom stereocenters. The second-order valence-corrected chi connectivity index (χ2v) is 4.89. The molecule has 0 saturated carbocycles. The Bertz CT molecular complexity index is 179. The normalized spacial score (nSPS) is 13.5. The SMILES string of the molecule is CSC[C@@H](CO)NC(=O)OC(C)(C)C. The molecule has 14 heavy (non-hydrogen) atoms. The number of aliphatic hydroxyl groups excluding tert-OH is 1. The Morgan fingerprint density at radius 1 is 1.57 bits per heavy atom. The van der Waals surface area contributed by atoms with Crippen LogP contribution < -0.4 is 5.32 Å². The summed E-state index contributed by atoms with van der Waals surface area (Å²) in [6.45, 7) is 5.33. The summed E-state index contributed by atoms with van der Waals surface area (Å²) in [5, 5.41) is 11.5. The van der Waals surface area contributed by atoms with E-state index in [1.165, 1.54) is 0 Å². The average molecular weight is 221 g/mol. The summed E-state index contributed by atoms with van der Waals surface area (Å²) in [5.41, 5.74) is -0.497. The highest BCUT2D eigenvalue weighted by atomic mass is 32.2. The first-order valence-electron chi connectivity index (χ1n) is 4.48. The molecule has 0 aliphatic heterocycles. The van der Waals surface area contributed by atoms with Crippen LogP contribution in [0.2, 0.25) is 0 Å². The number of hydrogen-bond acceptors (Lipinski definition) is 4. The van der Waals surface area contributed by atoms with Gasteiger partial charge in [-0.3, -0.25) is 0 Å². The van der Waals surface area contributed by atoms with Gasteiger partial charge in [0.1, 0.15) is 5.60 Å². The Morgan fingerprint density at radius 2 is 2.14 bits per heavy atom. The average Bonchev–Trinajstić information content (AvgIpc) is 2.00. The molecule has 0 heterocycles. The Labute approximate surface area is 89.4 Å². The van der Waals surface area contributed by atoms with Gasteiger partial charge in [-0.1, -0.05) is 0 Å². The van der Waals surface area contributed by atoms with Gasteiger partial charge in [0.25, 0.3) is 0 Å². The highest BCUT2D eigenvalue weighted by Crippen LogP contribution is 2.07. The first kappa shape index (κ1) is 13.6. The van der Waals surface area contributed by atoms with Crippen LogP contribution >= 0.6 is 11.8 Å². The van der Waals surface area contributed by atoms with E-state index < -0.39 is 11.7 Å². The lowest BCUT2D eigenvalue weighted by Gasteiger charge is -2.22. The van der Waals surface area contributed by atoms with Crippen LogP contribution in [0.3, 0.4) is 0 Å². The first-order valence-corrected chi connectivity index (χ1v) is 5.87. The van der Waals surface area contributed by atoms with Crippen molar-refractivity contribution >= 4 is 17.9 Å². The summed E-state index contributed by atoms with van der Waals surface area (Å²) in [6.07, 6.45) is 1.44. The molecule has 0 fully saturated rings. The Balaban J connectivity index is 3.91. The van der Waals surface area contributed by atoms with Crippen LogP contribution in [0, 0.1) is 0 Å². The molecular weight excluding hydrogens is 202 g/mol. The third kappa shape index (κ3) is 7.03. The maximum Gasteiger partial charge on any atom is 0.407 e. The minimum absolute atomic E-state index is 0.0694. The molecule has 0 saturated heterocycles. The number of amides is 1. The van der Waals surface area contributed by atoms with Crippen molar-refractivity contribution in [3.05, 3.63) is 0 Å². The van der Waals surface area contributed by atoms with E-state index in [-0.39, 0.29) is 12.6 Å². The van der Waals surface area contributed by atoms with Crippen LogP contribution in [-0.2, 0) is 4.74 Å². The van der Waals surface area contributed by atoms with E-state index in [4.69, 9.17) is 9.84 Å². The van der Waals surface area contributed by atoms with Crippen molar-refractivity contribution in [1.29, 1.82) is 0 Å². The molecule has 2 N–H and O–H groups in total. The van der Waals surface area contributed by atoms with E-state index in [0.29, 0.717) is 5.75 Å². The molecule has 0 bridgehead atoms. The topological polar surface area (TPSA) is 58.6 Å². The van der Waals surface area contributed by atoms with Gasteiger partial charge >= 0.3 is 6.09 Å². The van der Waals surface area contributed by atoms with Gasteiger partial charge in [0, 0.05) is 5.75 Å². The summed E-state index contributed by atoms with van der Waals surface area (Å²) in [7, 11) is 0. The second-order valence-electron chi connectivity index (χ2n) is 3.98. The summed E-state index contributed by atoms with van der Waals surface area (Å²) in [5.74, 6) is 0.676. The fourth-order valence-corrected chi connectivity index (χ4v) is 1.41. The molecule has 0 aromatic heterocycles. The van der Waals surface area contributed by atoms with E-state index in [0.717, 1.165) is 0 Å². The molecule has 0 rings (SSSR count). The van der Waals surface area contributed by atoms with Crippen molar-refractivity contribution < 1.29 is 14.6 Å². The summed E-state index contributed by atoms with van der Waals surface area (Å²) >= 11 is 1.56. The predicted octanol–water partition coefficient (Wildman–Crippen LogP) is 1.24. The number of nitrogens with one attached hydrogen (secondary N) is 1. The fraction of sp³-hybridized carbons (Fsp3) is 0.889. The van der Waals surface area contributed by atoms with E-state index in [2.05, 4.69) is 5.32 Å². The molecule has 84 valence electrons. The monoisotopic (exact) mass is 221 g/mol. The molecule has 0 radical (unpaired) electrons. The van der Waals surface area contributed by atoms with Crippen LogP contribution in [0.5, 0.6) is 0 Å². The summed E-state index contributed by atoms with van der Waals surface area (Å²) in [4.78, 5) is 11.2. The predicted molar refractivity (Wildman–Crippen MR) is 58.6 cm³/mol. The number of aliphatic hydroxyl groups is 1. The lowest BCUT2D eigenvalue weighted by atomic mass is 10.2. The van der Waals surface area contributed by atoms with Gasteiger partial charge in [0.05, 0.1) is 12.6 Å². The number of ether oxygens (including phenoxy) is 1. The lowest BCUT2D eigenvalue weighted by molar-refractivity contribution is 0.0491. The summed E-state index contributed by atoms with van der Waals surface area (Å²) < 4.78 is 5.05. The zero-order valence-corrected chi connectivity index (χ0v) is 9.98. The fourth-order valence-electron chi connectivity index (χ4n) is 0.815. The van der Waals surface area contributed by atoms with Gasteiger partial charge in [-0.05, 0) is 27.0 Å². The van der Waals surface area contributed by atoms with E-state index in [1.807, 2.05) is 6.26 Å². The largest absolute Gasteiger partial charge is 0.444 e. The Hall–Kier alpha value is -0.420. The molecule has 0 aromatic carbocycles. The van der Waals surface area contributed by atoms with Crippen LogP contribution in [0.1, 0.15) is 20.8 Å². The van der Waals surface area contributed by atoms with Crippen molar-refractivity contribution in [3.8, 4) is 0 Å². The van der Waals surface area contributed by atoms with Gasteiger partial charge in [0.15, 0.2) is 0 Å². The molecule has 0 aliphatic carbocycles. The van der Waals surface area contributed by atoms with E-state index >= 15 is 0 Å². The van der Waals surface area contributed by atoms with Gasteiger partial charge in [-0.25, -0.2) is 4.79 Å². The van der Waals surface area contributed by atoms with Gasteiger partial charge in [-0.2, -0.15) is 11.8 Å². The maximum absolute atomic E-state index is 11.2. The van der Waals surface area contributed by atoms with Gasteiger partial charge in [-0.15, -0.1) is 0 Å². The third-order valence-electron chi connectivity index (χ3n) is 1.31. The highest BCUT2D eigenvalue weighted by Gasteiger charge is 2.18. The van der Waals surface area contributed by atoms with Crippen molar-refractivity contribution in [2.45, 2.75) is 32.4 Å². The summed E-state index contributed by atoms with van der Waals surface area (Å²) in [6, 6.07) is -0.236. The third-order valence-corrected chi connectivity index (χ3v) is 2.04. The van der Waals surface area contributed by atoms with E-state index in [1.54, 1.807) is 32.5 Å². The standard InChI is InChI=1S/C9H19NO3S/c1-9(2,3)13-8(12)10-7(5-11)6-14-4/h7,11H,5-6H2,1-4H3,(H,10,12)/t7-/m1/s1.